The number of carboxylic acids is 1. The summed E-state index contributed by atoms with van der Waals surface area (Å²) in [5.74, 6) is -0.460. The highest BCUT2D eigenvalue weighted by atomic mass is 32.2. The molecule has 2 N–H and O–H groups in total. The van der Waals surface area contributed by atoms with Crippen molar-refractivity contribution in [1.82, 2.24) is 9.55 Å². The van der Waals surface area contributed by atoms with Crippen LogP contribution in [-0.2, 0) is 16.1 Å². The maximum absolute atomic E-state index is 13.2. The fourth-order valence-corrected chi connectivity index (χ4v) is 4.57. The maximum atomic E-state index is 13.2. The third-order valence-electron chi connectivity index (χ3n) is 5.95. The zero-order valence-electron chi connectivity index (χ0n) is 21.1. The predicted molar refractivity (Wildman–Crippen MR) is 140 cm³/mol. The van der Waals surface area contributed by atoms with E-state index in [1.807, 2.05) is 74.7 Å². The van der Waals surface area contributed by atoms with Crippen molar-refractivity contribution in [1.29, 1.82) is 0 Å². The van der Waals surface area contributed by atoms with E-state index < -0.39 is 10.7 Å². The number of aliphatic carboxylic acids is 1. The molecule has 3 rings (SSSR count). The molecule has 2 aromatic carbocycles. The van der Waals surface area contributed by atoms with Gasteiger partial charge in [0.2, 0.25) is 0 Å². The lowest BCUT2D eigenvalue weighted by molar-refractivity contribution is -0.138. The minimum atomic E-state index is -0.937. The van der Waals surface area contributed by atoms with Gasteiger partial charge in [0.05, 0.1) is 6.61 Å². The molecule has 3 aromatic rings. The number of imidazole rings is 1. The Morgan fingerprint density at radius 1 is 1.11 bits per heavy atom. The number of aromatic nitrogens is 2. The standard InChI is InChI=1S/C27H33N3O4S/c1-7-34-16-15-30-19(4)23(25(31)28-22-10-8-9-17(2)18(22)3)29-24(30)20-11-13-21(14-12-20)35-27(5,6)26(32)33/h8-14H,7,15-16H2,1-6H3,(H,28,31)(H,32,33). The molecule has 7 nitrogen and oxygen atoms in total. The van der Waals surface area contributed by atoms with Crippen LogP contribution in [0.1, 0.15) is 48.1 Å². The maximum Gasteiger partial charge on any atom is 0.319 e. The molecule has 0 spiro atoms. The summed E-state index contributed by atoms with van der Waals surface area (Å²) in [5.41, 5.74) is 4.85. The summed E-state index contributed by atoms with van der Waals surface area (Å²) in [5, 5.41) is 12.4. The van der Waals surface area contributed by atoms with Gasteiger partial charge < -0.3 is 19.7 Å². The molecule has 0 radical (unpaired) electrons. The summed E-state index contributed by atoms with van der Waals surface area (Å²) >= 11 is 1.29. The van der Waals surface area contributed by atoms with Crippen molar-refractivity contribution in [3.05, 3.63) is 65.0 Å². The van der Waals surface area contributed by atoms with Gasteiger partial charge in [-0.05, 0) is 70.9 Å². The van der Waals surface area contributed by atoms with E-state index in [2.05, 4.69) is 5.32 Å². The van der Waals surface area contributed by atoms with Crippen LogP contribution in [0.15, 0.2) is 47.4 Å². The number of hydrogen-bond donors (Lipinski definition) is 2. The quantitative estimate of drug-likeness (QED) is 0.276. The van der Waals surface area contributed by atoms with Gasteiger partial charge in [0.15, 0.2) is 0 Å². The topological polar surface area (TPSA) is 93.4 Å². The molecular formula is C27H33N3O4S. The Balaban J connectivity index is 1.94. The monoisotopic (exact) mass is 495 g/mol. The molecule has 0 atom stereocenters. The minimum Gasteiger partial charge on any atom is -0.480 e. The number of ether oxygens (including phenoxy) is 1. The molecular weight excluding hydrogens is 462 g/mol. The Morgan fingerprint density at radius 3 is 2.43 bits per heavy atom. The molecule has 0 fully saturated rings. The predicted octanol–water partition coefficient (Wildman–Crippen LogP) is 5.72. The number of anilines is 1. The van der Waals surface area contributed by atoms with Gasteiger partial charge in [-0.15, -0.1) is 11.8 Å². The van der Waals surface area contributed by atoms with Crippen molar-refractivity contribution in [2.24, 2.45) is 0 Å². The Labute approximate surface area is 210 Å². The average molecular weight is 496 g/mol. The number of benzene rings is 2. The first-order chi connectivity index (χ1) is 16.5. The highest BCUT2D eigenvalue weighted by Crippen LogP contribution is 2.34. The zero-order chi connectivity index (χ0) is 25.8. The molecule has 0 aliphatic rings. The van der Waals surface area contributed by atoms with Crippen molar-refractivity contribution < 1.29 is 19.4 Å². The van der Waals surface area contributed by atoms with E-state index in [1.54, 1.807) is 13.8 Å². The van der Waals surface area contributed by atoms with Crippen LogP contribution in [0.3, 0.4) is 0 Å². The van der Waals surface area contributed by atoms with Crippen LogP contribution in [0.25, 0.3) is 11.4 Å². The molecule has 186 valence electrons. The first-order valence-corrected chi connectivity index (χ1v) is 12.4. The lowest BCUT2D eigenvalue weighted by Gasteiger charge is -2.18. The van der Waals surface area contributed by atoms with E-state index in [-0.39, 0.29) is 5.91 Å². The third-order valence-corrected chi connectivity index (χ3v) is 7.15. The molecule has 1 heterocycles. The first-order valence-electron chi connectivity index (χ1n) is 11.6. The molecule has 0 saturated carbocycles. The molecule has 1 amide bonds. The van der Waals surface area contributed by atoms with Gasteiger partial charge in [0.1, 0.15) is 16.3 Å². The summed E-state index contributed by atoms with van der Waals surface area (Å²) < 4.78 is 6.63. The second-order valence-corrected chi connectivity index (χ2v) is 10.6. The lowest BCUT2D eigenvalue weighted by atomic mass is 10.1. The number of carboxylic acid groups (broad SMARTS) is 1. The summed E-state index contributed by atoms with van der Waals surface area (Å²) in [6, 6.07) is 13.4. The van der Waals surface area contributed by atoms with Crippen molar-refractivity contribution >= 4 is 29.3 Å². The van der Waals surface area contributed by atoms with Crippen molar-refractivity contribution in [3.63, 3.8) is 0 Å². The summed E-state index contributed by atoms with van der Waals surface area (Å²) in [7, 11) is 0. The molecule has 0 aliphatic carbocycles. The molecule has 1 aromatic heterocycles. The Morgan fingerprint density at radius 2 is 1.80 bits per heavy atom. The van der Waals surface area contributed by atoms with Crippen molar-refractivity contribution in [2.75, 3.05) is 18.5 Å². The van der Waals surface area contributed by atoms with E-state index in [0.717, 1.165) is 33.0 Å². The van der Waals surface area contributed by atoms with Gasteiger partial charge in [-0.3, -0.25) is 9.59 Å². The number of nitrogens with one attached hydrogen (secondary N) is 1. The summed E-state index contributed by atoms with van der Waals surface area (Å²) in [4.78, 5) is 30.3. The number of nitrogens with zero attached hydrogens (tertiary/aromatic N) is 2. The van der Waals surface area contributed by atoms with E-state index in [1.165, 1.54) is 11.8 Å². The Kier molecular flexibility index (Phi) is 8.40. The van der Waals surface area contributed by atoms with Crippen LogP contribution < -0.4 is 5.32 Å². The fraction of sp³-hybridized carbons (Fsp3) is 0.370. The molecule has 0 saturated heterocycles. The van der Waals surface area contributed by atoms with Crippen molar-refractivity contribution in [2.45, 2.75) is 57.7 Å². The van der Waals surface area contributed by atoms with E-state index in [9.17, 15) is 14.7 Å². The number of carbonyl (C=O) groups excluding carboxylic acids is 1. The van der Waals surface area contributed by atoms with Crippen molar-refractivity contribution in [3.8, 4) is 11.4 Å². The van der Waals surface area contributed by atoms with Gasteiger partial charge in [-0.25, -0.2) is 4.98 Å². The number of carbonyl (C=O) groups is 2. The second kappa shape index (κ2) is 11.1. The van der Waals surface area contributed by atoms with Crippen LogP contribution in [0.2, 0.25) is 0 Å². The van der Waals surface area contributed by atoms with E-state index in [4.69, 9.17) is 9.72 Å². The van der Waals surface area contributed by atoms with Gasteiger partial charge in [-0.1, -0.05) is 24.3 Å². The number of thioether (sulfide) groups is 1. The summed E-state index contributed by atoms with van der Waals surface area (Å²) in [6.07, 6.45) is 0. The number of amides is 1. The molecule has 0 bridgehead atoms. The van der Waals surface area contributed by atoms with Crippen LogP contribution in [0.5, 0.6) is 0 Å². The highest BCUT2D eigenvalue weighted by Gasteiger charge is 2.28. The molecule has 8 heteroatoms. The van der Waals surface area contributed by atoms with Gasteiger partial charge in [-0.2, -0.15) is 0 Å². The molecule has 0 aliphatic heterocycles. The van der Waals surface area contributed by atoms with Crippen LogP contribution in [0.4, 0.5) is 5.69 Å². The zero-order valence-corrected chi connectivity index (χ0v) is 22.0. The van der Waals surface area contributed by atoms with Gasteiger partial charge in [0, 0.05) is 35.0 Å². The second-order valence-electron chi connectivity index (χ2n) is 8.86. The largest absolute Gasteiger partial charge is 0.480 e. The molecule has 35 heavy (non-hydrogen) atoms. The smallest absolute Gasteiger partial charge is 0.319 e. The Bertz CT molecular complexity index is 1220. The van der Waals surface area contributed by atoms with Gasteiger partial charge in [0.25, 0.3) is 5.91 Å². The number of hydrogen-bond acceptors (Lipinski definition) is 5. The highest BCUT2D eigenvalue weighted by molar-refractivity contribution is 8.01. The normalized spacial score (nSPS) is 11.5. The SMILES string of the molecule is CCOCCn1c(-c2ccc(SC(C)(C)C(=O)O)cc2)nc(C(=O)Nc2cccc(C)c2C)c1C. The first kappa shape index (κ1) is 26.5. The molecule has 0 unspecified atom stereocenters. The van der Waals surface area contributed by atoms with E-state index >= 15 is 0 Å². The summed E-state index contributed by atoms with van der Waals surface area (Å²) in [6.45, 7) is 12.8. The van der Waals surface area contributed by atoms with Crippen LogP contribution >= 0.6 is 11.8 Å². The minimum absolute atomic E-state index is 0.261. The average Bonchev–Trinajstić information content (AvgIpc) is 3.13. The van der Waals surface area contributed by atoms with Gasteiger partial charge >= 0.3 is 5.97 Å². The lowest BCUT2D eigenvalue weighted by Crippen LogP contribution is -2.26. The third kappa shape index (κ3) is 6.13. The fourth-order valence-electron chi connectivity index (χ4n) is 3.62. The van der Waals surface area contributed by atoms with Crippen LogP contribution in [-0.4, -0.2) is 44.5 Å². The number of rotatable bonds is 10. The number of aryl methyl sites for hydroxylation is 1. The Hall–Kier alpha value is -3.10. The van der Waals surface area contributed by atoms with Crippen LogP contribution in [0, 0.1) is 20.8 Å². The van der Waals surface area contributed by atoms with E-state index in [0.29, 0.717) is 31.3 Å².